The van der Waals surface area contributed by atoms with Gasteiger partial charge >= 0.3 is 0 Å². The maximum Gasteiger partial charge on any atom is 0.256 e. The maximum absolute atomic E-state index is 12.7. The van der Waals surface area contributed by atoms with E-state index in [0.29, 0.717) is 25.5 Å². The van der Waals surface area contributed by atoms with E-state index in [1.807, 2.05) is 62.5 Å². The molecule has 29 heavy (non-hydrogen) atoms. The molecule has 6 heteroatoms. The Bertz CT molecular complexity index is 1140. The molecule has 1 aliphatic rings. The first kappa shape index (κ1) is 18.9. The monoisotopic (exact) mass is 386 g/mol. The number of rotatable bonds is 6. The lowest BCUT2D eigenvalue weighted by Crippen LogP contribution is -2.31. The molecule has 0 saturated carbocycles. The van der Waals surface area contributed by atoms with Crippen molar-refractivity contribution in [2.75, 3.05) is 26.7 Å². The van der Waals surface area contributed by atoms with Crippen LogP contribution in [0.2, 0.25) is 0 Å². The summed E-state index contributed by atoms with van der Waals surface area (Å²) in [6.07, 6.45) is 1.58. The number of hydrogen-bond donors (Lipinski definition) is 0. The number of para-hydroxylation sites is 2. The van der Waals surface area contributed by atoms with Crippen LogP contribution in [0.25, 0.3) is 11.0 Å². The van der Waals surface area contributed by atoms with Crippen molar-refractivity contribution >= 4 is 16.9 Å². The third-order valence-electron chi connectivity index (χ3n) is 5.06. The predicted octanol–water partition coefficient (Wildman–Crippen LogP) is 3.54. The second-order valence-electron chi connectivity index (χ2n) is 7.32. The molecular formula is C23H22N4O2. The largest absolute Gasteiger partial charge is 0.492 e. The van der Waals surface area contributed by atoms with Crippen molar-refractivity contribution in [3.8, 4) is 11.8 Å². The summed E-state index contributed by atoms with van der Waals surface area (Å²) in [4.78, 5) is 19.4. The lowest BCUT2D eigenvalue weighted by molar-refractivity contribution is 0.0963. The van der Waals surface area contributed by atoms with Gasteiger partial charge < -0.3 is 4.74 Å². The minimum Gasteiger partial charge on any atom is -0.492 e. The SMILES string of the molecule is Cc1cccc(OCCN(C)CC2=CC(=O)n3c(nc4ccccc43)[C@@H]2C#N)c1. The summed E-state index contributed by atoms with van der Waals surface area (Å²) >= 11 is 0. The highest BCUT2D eigenvalue weighted by Crippen LogP contribution is 2.31. The summed E-state index contributed by atoms with van der Waals surface area (Å²) in [7, 11) is 1.96. The number of ether oxygens (including phenoxy) is 1. The lowest BCUT2D eigenvalue weighted by Gasteiger charge is -2.24. The van der Waals surface area contributed by atoms with Crippen LogP contribution in [-0.4, -0.2) is 47.1 Å². The number of carbonyl (C=O) groups excluding carboxylic acids is 1. The number of allylic oxidation sites excluding steroid dienone is 1. The highest BCUT2D eigenvalue weighted by atomic mass is 16.5. The summed E-state index contributed by atoms with van der Waals surface area (Å²) in [6, 6.07) is 17.7. The Morgan fingerprint density at radius 3 is 2.86 bits per heavy atom. The van der Waals surface area contributed by atoms with Crippen LogP contribution in [-0.2, 0) is 0 Å². The first-order chi connectivity index (χ1) is 14.1. The molecule has 2 heterocycles. The standard InChI is InChI=1S/C23H22N4O2/c1-16-6-5-7-18(12-16)29-11-10-26(2)15-17-13-22(28)27-21-9-4-3-8-20(21)25-23(27)19(17)14-24/h3-9,12-13,19H,10-11,15H2,1-2H3/t19-/m1/s1. The van der Waals surface area contributed by atoms with Crippen molar-refractivity contribution in [2.45, 2.75) is 12.8 Å². The van der Waals surface area contributed by atoms with E-state index >= 15 is 0 Å². The van der Waals surface area contributed by atoms with E-state index in [2.05, 4.69) is 16.0 Å². The van der Waals surface area contributed by atoms with Gasteiger partial charge in [-0.2, -0.15) is 5.26 Å². The zero-order chi connectivity index (χ0) is 20.4. The Labute approximate surface area is 169 Å². The quantitative estimate of drug-likeness (QED) is 0.648. The molecule has 0 unspecified atom stereocenters. The van der Waals surface area contributed by atoms with Crippen molar-refractivity contribution in [1.82, 2.24) is 14.5 Å². The van der Waals surface area contributed by atoms with Crippen LogP contribution < -0.4 is 4.74 Å². The predicted molar refractivity (Wildman–Crippen MR) is 111 cm³/mol. The van der Waals surface area contributed by atoms with Gasteiger partial charge in [-0.1, -0.05) is 24.3 Å². The van der Waals surface area contributed by atoms with Crippen LogP contribution in [0.1, 0.15) is 22.1 Å². The molecule has 0 aliphatic carbocycles. The first-order valence-electron chi connectivity index (χ1n) is 9.56. The average Bonchev–Trinajstić information content (AvgIpc) is 3.08. The molecule has 6 nitrogen and oxygen atoms in total. The maximum atomic E-state index is 12.7. The van der Waals surface area contributed by atoms with Gasteiger partial charge in [0.05, 0.1) is 17.1 Å². The Kier molecular flexibility index (Phi) is 5.15. The van der Waals surface area contributed by atoms with E-state index < -0.39 is 5.92 Å². The van der Waals surface area contributed by atoms with Crippen LogP contribution in [0, 0.1) is 18.3 Å². The van der Waals surface area contributed by atoms with Crippen molar-refractivity contribution in [3.05, 3.63) is 71.6 Å². The molecule has 2 aromatic carbocycles. The van der Waals surface area contributed by atoms with Crippen LogP contribution in [0.5, 0.6) is 5.75 Å². The van der Waals surface area contributed by atoms with Gasteiger partial charge in [-0.25, -0.2) is 4.98 Å². The zero-order valence-electron chi connectivity index (χ0n) is 16.5. The minimum absolute atomic E-state index is 0.153. The highest BCUT2D eigenvalue weighted by Gasteiger charge is 2.31. The molecule has 3 aromatic rings. The molecule has 0 N–H and O–H groups in total. The number of nitriles is 1. The van der Waals surface area contributed by atoms with Crippen molar-refractivity contribution in [1.29, 1.82) is 5.26 Å². The van der Waals surface area contributed by atoms with Crippen molar-refractivity contribution in [3.63, 3.8) is 0 Å². The summed E-state index contributed by atoms with van der Waals surface area (Å²) in [5.74, 6) is 0.648. The number of hydrogen-bond acceptors (Lipinski definition) is 5. The number of benzene rings is 2. The number of fused-ring (bicyclic) bond motifs is 3. The fraction of sp³-hybridized carbons (Fsp3) is 0.261. The molecule has 0 spiro atoms. The van der Waals surface area contributed by atoms with Gasteiger partial charge in [0, 0.05) is 19.2 Å². The fourth-order valence-electron chi connectivity index (χ4n) is 3.63. The van der Waals surface area contributed by atoms with E-state index in [-0.39, 0.29) is 5.91 Å². The second kappa shape index (κ2) is 7.90. The number of carbonyl (C=O) groups is 1. The smallest absolute Gasteiger partial charge is 0.256 e. The van der Waals surface area contributed by atoms with E-state index in [1.54, 1.807) is 10.6 Å². The highest BCUT2D eigenvalue weighted by molar-refractivity contribution is 5.99. The van der Waals surface area contributed by atoms with Gasteiger partial charge in [0.2, 0.25) is 0 Å². The topological polar surface area (TPSA) is 71.2 Å². The Balaban J connectivity index is 1.46. The molecule has 0 saturated heterocycles. The average molecular weight is 386 g/mol. The van der Waals surface area contributed by atoms with Gasteiger partial charge in [0.25, 0.3) is 5.91 Å². The summed E-state index contributed by atoms with van der Waals surface area (Å²) in [5, 5.41) is 9.78. The van der Waals surface area contributed by atoms with Gasteiger partial charge in [0.1, 0.15) is 24.1 Å². The molecular weight excluding hydrogens is 364 g/mol. The van der Waals surface area contributed by atoms with Gasteiger partial charge in [-0.15, -0.1) is 0 Å². The number of aryl methyl sites for hydroxylation is 1. The minimum atomic E-state index is -0.541. The molecule has 0 radical (unpaired) electrons. The molecule has 0 amide bonds. The van der Waals surface area contributed by atoms with E-state index in [4.69, 9.17) is 4.74 Å². The fourth-order valence-corrected chi connectivity index (χ4v) is 3.63. The zero-order valence-corrected chi connectivity index (χ0v) is 16.5. The first-order valence-corrected chi connectivity index (χ1v) is 9.56. The third kappa shape index (κ3) is 3.78. The molecule has 4 rings (SSSR count). The summed E-state index contributed by atoms with van der Waals surface area (Å²) < 4.78 is 7.36. The van der Waals surface area contributed by atoms with Gasteiger partial charge in [-0.05, 0) is 49.4 Å². The molecule has 0 fully saturated rings. The second-order valence-corrected chi connectivity index (χ2v) is 7.32. The third-order valence-corrected chi connectivity index (χ3v) is 5.06. The Morgan fingerprint density at radius 2 is 2.07 bits per heavy atom. The summed E-state index contributed by atoms with van der Waals surface area (Å²) in [5.41, 5.74) is 3.38. The normalized spacial score (nSPS) is 15.9. The number of nitrogens with zero attached hydrogens (tertiary/aromatic N) is 4. The van der Waals surface area contributed by atoms with Crippen molar-refractivity contribution < 1.29 is 9.53 Å². The lowest BCUT2D eigenvalue weighted by atomic mass is 9.95. The van der Waals surface area contributed by atoms with E-state index in [9.17, 15) is 10.1 Å². The Hall–Kier alpha value is -3.43. The Morgan fingerprint density at radius 1 is 1.24 bits per heavy atom. The van der Waals surface area contributed by atoms with Crippen LogP contribution in [0.15, 0.2) is 60.2 Å². The number of aromatic nitrogens is 2. The molecule has 0 bridgehead atoms. The van der Waals surface area contributed by atoms with E-state index in [1.165, 1.54) is 0 Å². The molecule has 1 aromatic heterocycles. The van der Waals surface area contributed by atoms with Crippen molar-refractivity contribution in [2.24, 2.45) is 0 Å². The number of likely N-dealkylation sites (N-methyl/N-ethyl adjacent to an activating group) is 1. The van der Waals surface area contributed by atoms with Gasteiger partial charge in [-0.3, -0.25) is 14.3 Å². The van der Waals surface area contributed by atoms with Crippen LogP contribution >= 0.6 is 0 Å². The van der Waals surface area contributed by atoms with Crippen LogP contribution in [0.4, 0.5) is 0 Å². The summed E-state index contributed by atoms with van der Waals surface area (Å²) in [6.45, 7) is 3.73. The molecule has 1 aliphatic heterocycles. The van der Waals surface area contributed by atoms with Gasteiger partial charge in [0.15, 0.2) is 0 Å². The van der Waals surface area contributed by atoms with Crippen LogP contribution in [0.3, 0.4) is 0 Å². The molecule has 1 atom stereocenters. The molecule has 146 valence electrons. The number of imidazole rings is 1. The van der Waals surface area contributed by atoms with E-state index in [0.717, 1.165) is 27.9 Å².